The van der Waals surface area contributed by atoms with E-state index in [1.807, 2.05) is 0 Å². The number of rotatable bonds is 2. The zero-order chi connectivity index (χ0) is 35.6. The predicted octanol–water partition coefficient (Wildman–Crippen LogP) is 7.06. The van der Waals surface area contributed by atoms with Gasteiger partial charge in [0, 0.05) is 0 Å². The van der Waals surface area contributed by atoms with E-state index in [0.29, 0.717) is 0 Å². The quantitative estimate of drug-likeness (QED) is 0.130. The number of fused-ring (bicyclic) bond motifs is 5. The first-order chi connectivity index (χ1) is 23.8. The van der Waals surface area contributed by atoms with Crippen molar-refractivity contribution in [1.82, 2.24) is 0 Å². The zero-order valence-electron chi connectivity index (χ0n) is 31.6. The standard InChI is InChI=1S/C21H25.C20H15.C7H8Si.2ClH.Zr/c1-20(2,3)16-7-9-18-14(12-16)11-15-13-17(21(4,5)6)8-10-19(15)18;1-14-12-16-8-5-11-19(20(16)13-14)18-10-4-7-15-6-2-3-9-17(15)18;1-8-7-5-3-2-4-6-7;;;/h7-13H,1-6H3;2-13H,1H3;2-6H,1H3;2*1H;/q2*-1;;;;+2/p-2. The van der Waals surface area contributed by atoms with Gasteiger partial charge in [-0.3, -0.25) is 0 Å². The fourth-order valence-electron chi connectivity index (χ4n) is 6.72. The van der Waals surface area contributed by atoms with Crippen LogP contribution in [0.4, 0.5) is 0 Å². The monoisotopic (exact) mass is 812 g/mol. The molecular formula is C48H48Cl2SiZr-2. The number of hydrogen-bond acceptors (Lipinski definition) is 0. The normalized spacial score (nSPS) is 11.3. The van der Waals surface area contributed by atoms with Crippen molar-refractivity contribution in [2.75, 3.05) is 0 Å². The van der Waals surface area contributed by atoms with Gasteiger partial charge in [-0.05, 0) is 27.2 Å². The topological polar surface area (TPSA) is 0 Å². The van der Waals surface area contributed by atoms with Crippen LogP contribution in [-0.2, 0) is 34.2 Å². The van der Waals surface area contributed by atoms with E-state index < -0.39 is 0 Å². The summed E-state index contributed by atoms with van der Waals surface area (Å²) in [5.74, 6) is 0. The summed E-state index contributed by atoms with van der Waals surface area (Å²) >= 11 is 1.69. The van der Waals surface area contributed by atoms with Crippen molar-refractivity contribution in [3.8, 4) is 11.1 Å². The van der Waals surface area contributed by atoms with Gasteiger partial charge in [-0.25, -0.2) is 0 Å². The minimum absolute atomic E-state index is 0. The third-order valence-corrected chi connectivity index (χ3v) is 12.9. The first-order valence-corrected chi connectivity index (χ1v) is 23.4. The Morgan fingerprint density at radius 2 is 0.981 bits per heavy atom. The summed E-state index contributed by atoms with van der Waals surface area (Å²) in [6.07, 6.45) is 0. The van der Waals surface area contributed by atoms with Crippen LogP contribution in [0.3, 0.4) is 0 Å². The van der Waals surface area contributed by atoms with Crippen molar-refractivity contribution in [3.63, 3.8) is 0 Å². The van der Waals surface area contributed by atoms with E-state index in [9.17, 15) is 0 Å². The van der Waals surface area contributed by atoms with E-state index in [1.54, 1.807) is 28.5 Å². The van der Waals surface area contributed by atoms with Crippen molar-refractivity contribution in [1.29, 1.82) is 0 Å². The molecule has 0 aliphatic rings. The van der Waals surface area contributed by atoms with Gasteiger partial charge in [-0.1, -0.05) is 138 Å². The third kappa shape index (κ3) is 9.45. The van der Waals surface area contributed by atoms with E-state index in [0.717, 1.165) is 0 Å². The van der Waals surface area contributed by atoms with Gasteiger partial charge in [0.2, 0.25) is 0 Å². The van der Waals surface area contributed by atoms with Crippen LogP contribution < -0.4 is 30.0 Å². The van der Waals surface area contributed by atoms with Crippen molar-refractivity contribution in [2.45, 2.75) is 65.8 Å². The number of aryl methyl sites for hydroxylation is 1. The summed E-state index contributed by atoms with van der Waals surface area (Å²) in [4.78, 5) is 0. The summed E-state index contributed by atoms with van der Waals surface area (Å²) in [6.45, 7) is 18.1. The molecule has 8 aromatic rings. The molecule has 52 heavy (non-hydrogen) atoms. The first-order valence-electron chi connectivity index (χ1n) is 17.7. The van der Waals surface area contributed by atoms with E-state index >= 15 is 0 Å². The third-order valence-electron chi connectivity index (χ3n) is 9.62. The molecule has 0 radical (unpaired) electrons. The Hall–Kier alpha value is -3.26. The molecule has 0 spiro atoms. The summed E-state index contributed by atoms with van der Waals surface area (Å²) in [6, 6.07) is 53.2. The maximum Gasteiger partial charge on any atom is -0.0114 e. The minimum Gasteiger partial charge on any atom is -1.00 e. The molecule has 0 saturated heterocycles. The van der Waals surface area contributed by atoms with Gasteiger partial charge in [-0.15, -0.1) is 74.3 Å². The Balaban J connectivity index is 0.000000184. The minimum atomic E-state index is -0.122. The summed E-state index contributed by atoms with van der Waals surface area (Å²) < 4.78 is 0. The molecule has 8 aromatic carbocycles. The largest absolute Gasteiger partial charge is 1.00 e. The Kier molecular flexibility index (Phi) is 13.8. The molecule has 0 atom stereocenters. The van der Waals surface area contributed by atoms with Crippen molar-refractivity contribution in [3.05, 3.63) is 162 Å². The Morgan fingerprint density at radius 3 is 1.52 bits per heavy atom. The van der Waals surface area contributed by atoms with Gasteiger partial charge >= 0.3 is 70.8 Å². The molecule has 0 aliphatic carbocycles. The number of benzene rings is 6. The van der Waals surface area contributed by atoms with Gasteiger partial charge in [0.1, 0.15) is 0 Å². The summed E-state index contributed by atoms with van der Waals surface area (Å²) in [5.41, 5.74) is 7.06. The molecule has 0 saturated carbocycles. The van der Waals surface area contributed by atoms with Gasteiger partial charge in [0.25, 0.3) is 0 Å². The van der Waals surface area contributed by atoms with Crippen LogP contribution in [0.15, 0.2) is 146 Å². The van der Waals surface area contributed by atoms with Gasteiger partial charge < -0.3 is 24.8 Å². The number of hydrogen-bond donors (Lipinski definition) is 0. The van der Waals surface area contributed by atoms with E-state index in [4.69, 9.17) is 0 Å². The molecule has 0 N–H and O–H groups in total. The van der Waals surface area contributed by atoms with E-state index in [-0.39, 0.29) is 41.1 Å². The Morgan fingerprint density at radius 1 is 0.481 bits per heavy atom. The van der Waals surface area contributed by atoms with Gasteiger partial charge in [-0.2, -0.15) is 6.07 Å². The van der Waals surface area contributed by atoms with Gasteiger partial charge in [0.15, 0.2) is 0 Å². The summed E-state index contributed by atoms with van der Waals surface area (Å²) in [7, 11) is 0. The first kappa shape index (κ1) is 41.5. The molecule has 0 nitrogen and oxygen atoms in total. The smallest absolute Gasteiger partial charge is 0.0114 e. The predicted molar refractivity (Wildman–Crippen MR) is 219 cm³/mol. The van der Waals surface area contributed by atoms with Crippen LogP contribution in [-0.4, -0.2) is 5.43 Å². The molecule has 8 rings (SSSR count). The SMILES string of the molecule is CC(C)(C)c1ccc2c(c1)[cH-]c1cc(C(C)(C)C)ccc12.C[Si](=[Zr+2])c1ccccc1.Cc1cc2c(-c3cccc4ccccc34)cccc2[cH-]1.[Cl-].[Cl-]. The second-order valence-electron chi connectivity index (χ2n) is 15.6. The van der Waals surface area contributed by atoms with Crippen molar-refractivity contribution < 1.29 is 48.1 Å². The van der Waals surface area contributed by atoms with Crippen LogP contribution in [0, 0.1) is 6.92 Å². The molecule has 4 heteroatoms. The summed E-state index contributed by atoms with van der Waals surface area (Å²) in [5, 5.41) is 12.3. The zero-order valence-corrected chi connectivity index (χ0v) is 36.6. The second-order valence-corrected chi connectivity index (χ2v) is 23.0. The molecule has 0 fully saturated rings. The molecular weight excluding hydrogens is 767 g/mol. The van der Waals surface area contributed by atoms with E-state index in [1.165, 1.54) is 70.9 Å². The van der Waals surface area contributed by atoms with Gasteiger partial charge in [0.05, 0.1) is 0 Å². The molecule has 264 valence electrons. The molecule has 0 amide bonds. The molecule has 0 bridgehead atoms. The fourth-order valence-corrected chi connectivity index (χ4v) is 8.64. The fraction of sp³-hybridized carbons (Fsp3) is 0.208. The average molecular weight is 815 g/mol. The van der Waals surface area contributed by atoms with Crippen LogP contribution in [0.2, 0.25) is 6.55 Å². The Labute approximate surface area is 338 Å². The molecule has 0 unspecified atom stereocenters. The number of halogens is 2. The second kappa shape index (κ2) is 17.3. The molecule has 0 heterocycles. The van der Waals surface area contributed by atoms with Crippen LogP contribution >= 0.6 is 0 Å². The maximum absolute atomic E-state index is 2.35. The van der Waals surface area contributed by atoms with Crippen LogP contribution in [0.1, 0.15) is 58.2 Å². The van der Waals surface area contributed by atoms with E-state index in [2.05, 4.69) is 201 Å². The van der Waals surface area contributed by atoms with Crippen LogP contribution in [0.5, 0.6) is 0 Å². The average Bonchev–Trinajstić information content (AvgIpc) is 3.67. The Bertz CT molecular complexity index is 2360. The van der Waals surface area contributed by atoms with Crippen molar-refractivity contribution in [2.24, 2.45) is 0 Å². The van der Waals surface area contributed by atoms with Crippen molar-refractivity contribution >= 4 is 53.7 Å². The molecule has 0 aromatic heterocycles. The van der Waals surface area contributed by atoms with Crippen LogP contribution in [0.25, 0.3) is 54.2 Å². The maximum atomic E-state index is 2.35. The molecule has 0 aliphatic heterocycles.